The Bertz CT molecular complexity index is 613. The van der Waals surface area contributed by atoms with Gasteiger partial charge in [0.05, 0.1) is 6.04 Å². The van der Waals surface area contributed by atoms with Crippen LogP contribution in [0.3, 0.4) is 0 Å². The van der Waals surface area contributed by atoms with E-state index >= 15 is 0 Å². The first-order valence-electron chi connectivity index (χ1n) is 6.40. The molecule has 21 heavy (non-hydrogen) atoms. The molecule has 3 heterocycles. The third-order valence-corrected chi connectivity index (χ3v) is 3.68. The summed E-state index contributed by atoms with van der Waals surface area (Å²) in [6.07, 6.45) is 3.54. The number of likely N-dealkylation sites (N-methyl/N-ethyl adjacent to an activating group) is 1. The molecule has 1 saturated heterocycles. The zero-order chi connectivity index (χ0) is 13.9. The molecule has 1 atom stereocenters. The van der Waals surface area contributed by atoms with E-state index in [1.54, 1.807) is 12.2 Å². The number of aromatic nitrogens is 2. The van der Waals surface area contributed by atoms with Crippen LogP contribution in [-0.2, 0) is 0 Å². The number of furan rings is 1. The van der Waals surface area contributed by atoms with Crippen LogP contribution in [-0.4, -0.2) is 41.7 Å². The summed E-state index contributed by atoms with van der Waals surface area (Å²) >= 11 is 3.26. The minimum absolute atomic E-state index is 0. The second-order valence-electron chi connectivity index (χ2n) is 4.67. The molecule has 0 amide bonds. The van der Waals surface area contributed by atoms with Crippen molar-refractivity contribution in [1.82, 2.24) is 20.4 Å². The fourth-order valence-corrected chi connectivity index (χ4v) is 2.43. The number of nitrogens with one attached hydrogen (secondary N) is 1. The molecule has 0 bridgehead atoms. The topological polar surface area (TPSA) is 67.3 Å². The van der Waals surface area contributed by atoms with Crippen molar-refractivity contribution in [3.63, 3.8) is 0 Å². The Morgan fingerprint density at radius 1 is 1.43 bits per heavy atom. The summed E-state index contributed by atoms with van der Waals surface area (Å²) in [6.45, 7) is 2.81. The maximum absolute atomic E-state index is 5.37. The van der Waals surface area contributed by atoms with Crippen LogP contribution in [0.5, 0.6) is 0 Å². The molecule has 0 radical (unpaired) electrons. The molecule has 3 rings (SSSR count). The predicted molar refractivity (Wildman–Crippen MR) is 85.1 cm³/mol. The molecule has 1 unspecified atom stereocenters. The van der Waals surface area contributed by atoms with E-state index in [0.29, 0.717) is 16.4 Å². The van der Waals surface area contributed by atoms with E-state index in [4.69, 9.17) is 8.94 Å². The molecule has 1 aliphatic heterocycles. The number of piperazine rings is 1. The highest BCUT2D eigenvalue weighted by Crippen LogP contribution is 2.19. The molecule has 0 aliphatic carbocycles. The fourth-order valence-electron chi connectivity index (χ4n) is 2.12. The van der Waals surface area contributed by atoms with Crippen LogP contribution in [0, 0.1) is 0 Å². The van der Waals surface area contributed by atoms with Crippen LogP contribution >= 0.6 is 28.3 Å². The summed E-state index contributed by atoms with van der Waals surface area (Å²) < 4.78 is 11.3. The van der Waals surface area contributed by atoms with Crippen molar-refractivity contribution in [2.75, 3.05) is 26.7 Å². The van der Waals surface area contributed by atoms with Gasteiger partial charge in [0.25, 0.3) is 5.89 Å². The standard InChI is InChI=1S/C13H15BrN4O2.ClH/c1-18-7-6-15-8-10(18)13-16-12(20-17-13)5-3-9-2-4-11(14)19-9;/h2-5,10,15H,6-8H2,1H3;1H/b5-3+;. The van der Waals surface area contributed by atoms with Gasteiger partial charge in [0.2, 0.25) is 0 Å². The Kier molecular flexibility index (Phi) is 5.58. The summed E-state index contributed by atoms with van der Waals surface area (Å²) in [5.74, 6) is 1.92. The predicted octanol–water partition coefficient (Wildman–Crippen LogP) is 2.59. The van der Waals surface area contributed by atoms with Gasteiger partial charge < -0.3 is 14.3 Å². The highest BCUT2D eigenvalue weighted by Gasteiger charge is 2.24. The van der Waals surface area contributed by atoms with E-state index in [-0.39, 0.29) is 18.4 Å². The van der Waals surface area contributed by atoms with Crippen molar-refractivity contribution in [1.29, 1.82) is 0 Å². The van der Waals surface area contributed by atoms with Gasteiger partial charge in [-0.25, -0.2) is 0 Å². The van der Waals surface area contributed by atoms with E-state index in [9.17, 15) is 0 Å². The van der Waals surface area contributed by atoms with Gasteiger partial charge in [-0.2, -0.15) is 4.98 Å². The lowest BCUT2D eigenvalue weighted by atomic mass is 10.2. The molecular formula is C13H16BrClN4O2. The lowest BCUT2D eigenvalue weighted by Crippen LogP contribution is -2.44. The van der Waals surface area contributed by atoms with Crippen LogP contribution in [0.2, 0.25) is 0 Å². The number of nitrogens with zero attached hydrogens (tertiary/aromatic N) is 3. The van der Waals surface area contributed by atoms with Crippen molar-refractivity contribution in [2.45, 2.75) is 6.04 Å². The van der Waals surface area contributed by atoms with Crippen molar-refractivity contribution < 1.29 is 8.94 Å². The normalized spacial score (nSPS) is 19.8. The third kappa shape index (κ3) is 3.94. The lowest BCUT2D eigenvalue weighted by Gasteiger charge is -2.30. The highest BCUT2D eigenvalue weighted by atomic mass is 79.9. The minimum atomic E-state index is 0. The first kappa shape index (κ1) is 16.2. The molecule has 2 aromatic rings. The van der Waals surface area contributed by atoms with Crippen molar-refractivity contribution in [3.05, 3.63) is 34.3 Å². The van der Waals surface area contributed by atoms with Gasteiger partial charge in [0, 0.05) is 25.7 Å². The first-order chi connectivity index (χ1) is 9.72. The van der Waals surface area contributed by atoms with E-state index in [1.807, 2.05) is 12.1 Å². The van der Waals surface area contributed by atoms with Crippen LogP contribution in [0.25, 0.3) is 12.2 Å². The maximum Gasteiger partial charge on any atom is 0.250 e. The number of rotatable bonds is 3. The van der Waals surface area contributed by atoms with Gasteiger partial charge in [0.15, 0.2) is 10.5 Å². The highest BCUT2D eigenvalue weighted by molar-refractivity contribution is 9.10. The van der Waals surface area contributed by atoms with Gasteiger partial charge in [-0.05, 0) is 41.2 Å². The number of halogens is 2. The fraction of sp³-hybridized carbons (Fsp3) is 0.385. The molecule has 6 nitrogen and oxygen atoms in total. The Morgan fingerprint density at radius 2 is 2.29 bits per heavy atom. The van der Waals surface area contributed by atoms with Crippen LogP contribution < -0.4 is 5.32 Å². The maximum atomic E-state index is 5.37. The van der Waals surface area contributed by atoms with Gasteiger partial charge >= 0.3 is 0 Å². The summed E-state index contributed by atoms with van der Waals surface area (Å²) in [5.41, 5.74) is 0. The summed E-state index contributed by atoms with van der Waals surface area (Å²) in [4.78, 5) is 6.63. The lowest BCUT2D eigenvalue weighted by molar-refractivity contribution is 0.190. The number of hydrogen-bond donors (Lipinski definition) is 1. The van der Waals surface area contributed by atoms with Crippen molar-refractivity contribution >= 4 is 40.5 Å². The second-order valence-corrected chi connectivity index (χ2v) is 5.45. The van der Waals surface area contributed by atoms with E-state index < -0.39 is 0 Å². The largest absolute Gasteiger partial charge is 0.450 e. The summed E-state index contributed by atoms with van der Waals surface area (Å²) in [6, 6.07) is 3.85. The van der Waals surface area contributed by atoms with Crippen LogP contribution in [0.15, 0.2) is 25.7 Å². The Hall–Kier alpha value is -1.15. The molecule has 2 aromatic heterocycles. The minimum Gasteiger partial charge on any atom is -0.450 e. The molecule has 8 heteroatoms. The van der Waals surface area contributed by atoms with Gasteiger partial charge in [-0.15, -0.1) is 12.4 Å². The van der Waals surface area contributed by atoms with E-state index in [0.717, 1.165) is 25.4 Å². The second kappa shape index (κ2) is 7.22. The molecule has 114 valence electrons. The van der Waals surface area contributed by atoms with Gasteiger partial charge in [-0.1, -0.05) is 5.16 Å². The average molecular weight is 376 g/mol. The summed E-state index contributed by atoms with van der Waals surface area (Å²) in [5, 5.41) is 7.38. The Balaban J connectivity index is 0.00000161. The molecule has 0 saturated carbocycles. The molecule has 1 N–H and O–H groups in total. The smallest absolute Gasteiger partial charge is 0.250 e. The zero-order valence-electron chi connectivity index (χ0n) is 11.5. The van der Waals surface area contributed by atoms with Crippen molar-refractivity contribution in [3.8, 4) is 0 Å². The zero-order valence-corrected chi connectivity index (χ0v) is 13.9. The van der Waals surface area contributed by atoms with Crippen LogP contribution in [0.1, 0.15) is 23.5 Å². The van der Waals surface area contributed by atoms with Gasteiger partial charge in [-0.3, -0.25) is 4.90 Å². The van der Waals surface area contributed by atoms with E-state index in [1.165, 1.54) is 0 Å². The molecule has 0 aromatic carbocycles. The SMILES string of the molecule is CN1CCNCC1c1noc(/C=C/c2ccc(Br)o2)n1.Cl. The van der Waals surface area contributed by atoms with E-state index in [2.05, 4.69) is 43.3 Å². The average Bonchev–Trinajstić information content (AvgIpc) is 3.06. The summed E-state index contributed by atoms with van der Waals surface area (Å²) in [7, 11) is 2.07. The van der Waals surface area contributed by atoms with Gasteiger partial charge in [0.1, 0.15) is 5.76 Å². The van der Waals surface area contributed by atoms with Crippen molar-refractivity contribution in [2.24, 2.45) is 0 Å². The monoisotopic (exact) mass is 374 g/mol. The molecule has 1 fully saturated rings. The molecule has 0 spiro atoms. The number of hydrogen-bond acceptors (Lipinski definition) is 6. The van der Waals surface area contributed by atoms with Crippen LogP contribution in [0.4, 0.5) is 0 Å². The third-order valence-electron chi connectivity index (χ3n) is 3.25. The molecule has 1 aliphatic rings. The quantitative estimate of drug-likeness (QED) is 0.889. The first-order valence-corrected chi connectivity index (χ1v) is 7.19. The molecular weight excluding hydrogens is 360 g/mol. The Labute approximate surface area is 137 Å². The Morgan fingerprint density at radius 3 is 3.00 bits per heavy atom.